The van der Waals surface area contributed by atoms with Crippen LogP contribution >= 0.6 is 0 Å². The maximum absolute atomic E-state index is 12.6. The Morgan fingerprint density at radius 3 is 2.81 bits per heavy atom. The molecule has 0 radical (unpaired) electrons. The normalized spacial score (nSPS) is 10.7. The minimum absolute atomic E-state index is 0.333. The molecule has 0 unspecified atom stereocenters. The lowest BCUT2D eigenvalue weighted by Crippen LogP contribution is -2.30. The van der Waals surface area contributed by atoms with E-state index in [4.69, 9.17) is 13.9 Å². The smallest absolute Gasteiger partial charge is 0.339 e. The fourth-order valence-electron chi connectivity index (χ4n) is 2.60. The van der Waals surface area contributed by atoms with Gasteiger partial charge in [-0.1, -0.05) is 18.2 Å². The molecule has 0 aliphatic carbocycles. The average Bonchev–Trinajstić information content (AvgIpc) is 3.23. The van der Waals surface area contributed by atoms with E-state index in [2.05, 4.69) is 10.3 Å². The lowest BCUT2D eigenvalue weighted by Gasteiger charge is -2.09. The predicted octanol–water partition coefficient (Wildman–Crippen LogP) is 2.80. The van der Waals surface area contributed by atoms with Crippen molar-refractivity contribution < 1.29 is 23.5 Å². The van der Waals surface area contributed by atoms with Gasteiger partial charge in [-0.15, -0.1) is 0 Å². The van der Waals surface area contributed by atoms with Crippen LogP contribution in [0.5, 0.6) is 0 Å². The van der Waals surface area contributed by atoms with Crippen LogP contribution < -0.4 is 5.32 Å². The summed E-state index contributed by atoms with van der Waals surface area (Å²) in [5, 5.41) is 3.32. The Morgan fingerprint density at radius 1 is 1.19 bits per heavy atom. The zero-order chi connectivity index (χ0) is 19.1. The van der Waals surface area contributed by atoms with Crippen molar-refractivity contribution in [3.05, 3.63) is 54.3 Å². The summed E-state index contributed by atoms with van der Waals surface area (Å²) in [6, 6.07) is 12.4. The zero-order valence-electron chi connectivity index (χ0n) is 14.9. The van der Waals surface area contributed by atoms with Gasteiger partial charge in [-0.25, -0.2) is 9.78 Å². The number of pyridine rings is 1. The molecule has 0 aliphatic rings. The second-order valence-electron chi connectivity index (χ2n) is 5.82. The van der Waals surface area contributed by atoms with Crippen molar-refractivity contribution in [2.24, 2.45) is 0 Å². The summed E-state index contributed by atoms with van der Waals surface area (Å²) in [6.07, 6.45) is 2.23. The number of furan rings is 1. The first-order valence-corrected chi connectivity index (χ1v) is 8.55. The molecule has 3 aromatic rings. The van der Waals surface area contributed by atoms with Gasteiger partial charge in [0.05, 0.1) is 17.3 Å². The highest BCUT2D eigenvalue weighted by Crippen LogP contribution is 2.25. The Bertz CT molecular complexity index is 921. The molecule has 0 bridgehead atoms. The third-order valence-electron chi connectivity index (χ3n) is 3.89. The molecule has 1 aromatic carbocycles. The number of nitrogens with zero attached hydrogens (tertiary/aromatic N) is 1. The second kappa shape index (κ2) is 8.95. The van der Waals surface area contributed by atoms with Crippen molar-refractivity contribution in [3.63, 3.8) is 0 Å². The first-order chi connectivity index (χ1) is 13.2. The highest BCUT2D eigenvalue weighted by Gasteiger charge is 2.17. The molecule has 0 aliphatic heterocycles. The molecule has 27 heavy (non-hydrogen) atoms. The van der Waals surface area contributed by atoms with Crippen LogP contribution in [-0.2, 0) is 14.3 Å². The number of methoxy groups -OCH3 is 1. The summed E-state index contributed by atoms with van der Waals surface area (Å²) in [5.41, 5.74) is 1.50. The van der Waals surface area contributed by atoms with Crippen molar-refractivity contribution in [2.75, 3.05) is 26.9 Å². The third kappa shape index (κ3) is 4.71. The van der Waals surface area contributed by atoms with E-state index in [0.717, 1.165) is 0 Å². The highest BCUT2D eigenvalue weighted by atomic mass is 16.5. The van der Waals surface area contributed by atoms with E-state index in [9.17, 15) is 9.59 Å². The summed E-state index contributed by atoms with van der Waals surface area (Å²) in [5.74, 6) is -0.400. The molecule has 0 fully saturated rings. The van der Waals surface area contributed by atoms with Crippen LogP contribution in [0.2, 0.25) is 0 Å². The van der Waals surface area contributed by atoms with Gasteiger partial charge in [0.1, 0.15) is 5.69 Å². The zero-order valence-corrected chi connectivity index (χ0v) is 14.9. The van der Waals surface area contributed by atoms with Gasteiger partial charge in [-0.05, 0) is 30.7 Å². The van der Waals surface area contributed by atoms with Crippen LogP contribution in [0.15, 0.2) is 53.1 Å². The Hall–Kier alpha value is -3.19. The first kappa shape index (κ1) is 18.6. The fraction of sp³-hybridized carbons (Fsp3) is 0.250. The van der Waals surface area contributed by atoms with Crippen molar-refractivity contribution >= 4 is 22.8 Å². The summed E-state index contributed by atoms with van der Waals surface area (Å²) in [6.45, 7) is 0.669. The second-order valence-corrected chi connectivity index (χ2v) is 5.82. The van der Waals surface area contributed by atoms with Gasteiger partial charge in [0.25, 0.3) is 5.91 Å². The summed E-state index contributed by atoms with van der Waals surface area (Å²) in [7, 11) is 1.60. The van der Waals surface area contributed by atoms with Crippen LogP contribution in [0.25, 0.3) is 22.4 Å². The average molecular weight is 368 g/mol. The molecule has 1 amide bonds. The Balaban J connectivity index is 1.75. The highest BCUT2D eigenvalue weighted by molar-refractivity contribution is 6.05. The van der Waals surface area contributed by atoms with Crippen LogP contribution in [-0.4, -0.2) is 43.7 Å². The lowest BCUT2D eigenvalue weighted by atomic mass is 10.1. The Morgan fingerprint density at radius 2 is 2.04 bits per heavy atom. The number of hydrogen-bond acceptors (Lipinski definition) is 6. The van der Waals surface area contributed by atoms with Crippen LogP contribution in [0, 0.1) is 0 Å². The Labute approximate surface area is 156 Å². The van der Waals surface area contributed by atoms with Gasteiger partial charge in [0, 0.05) is 25.6 Å². The number of nitrogens with one attached hydrogen (secondary N) is 1. The topological polar surface area (TPSA) is 90.7 Å². The van der Waals surface area contributed by atoms with Crippen molar-refractivity contribution in [2.45, 2.75) is 6.42 Å². The van der Waals surface area contributed by atoms with E-state index < -0.39 is 5.97 Å². The van der Waals surface area contributed by atoms with Crippen LogP contribution in [0.1, 0.15) is 16.8 Å². The molecule has 0 atom stereocenters. The van der Waals surface area contributed by atoms with Gasteiger partial charge >= 0.3 is 5.97 Å². The summed E-state index contributed by atoms with van der Waals surface area (Å²) < 4.78 is 15.5. The monoisotopic (exact) mass is 368 g/mol. The molecular weight excluding hydrogens is 348 g/mol. The van der Waals surface area contributed by atoms with Gasteiger partial charge in [-0.3, -0.25) is 4.79 Å². The quantitative estimate of drug-likeness (QED) is 0.486. The number of rotatable bonds is 8. The number of hydrogen-bond donors (Lipinski definition) is 1. The van der Waals surface area contributed by atoms with E-state index in [0.29, 0.717) is 47.5 Å². The molecule has 7 nitrogen and oxygen atoms in total. The lowest BCUT2D eigenvalue weighted by molar-refractivity contribution is -0.124. The number of benzene rings is 1. The number of esters is 1. The molecule has 0 spiro atoms. The number of amides is 1. The van der Waals surface area contributed by atoms with Crippen molar-refractivity contribution in [3.8, 4) is 11.5 Å². The summed E-state index contributed by atoms with van der Waals surface area (Å²) in [4.78, 5) is 28.9. The van der Waals surface area contributed by atoms with Gasteiger partial charge < -0.3 is 19.2 Å². The van der Waals surface area contributed by atoms with E-state index >= 15 is 0 Å². The molecule has 140 valence electrons. The molecular formula is C20H20N2O5. The number of fused-ring (bicyclic) bond motifs is 1. The number of carbonyl (C=O) groups is 2. The minimum Gasteiger partial charge on any atom is -0.463 e. The maximum atomic E-state index is 12.6. The van der Waals surface area contributed by atoms with Gasteiger partial charge in [0.15, 0.2) is 12.4 Å². The molecule has 3 rings (SSSR count). The van der Waals surface area contributed by atoms with Crippen LogP contribution in [0.4, 0.5) is 0 Å². The van der Waals surface area contributed by atoms with E-state index in [1.165, 1.54) is 6.26 Å². The van der Waals surface area contributed by atoms with E-state index in [1.54, 1.807) is 37.4 Å². The molecule has 2 heterocycles. The number of carbonyl (C=O) groups excluding carboxylic acids is 2. The summed E-state index contributed by atoms with van der Waals surface area (Å²) >= 11 is 0. The van der Waals surface area contributed by atoms with Gasteiger partial charge in [-0.2, -0.15) is 0 Å². The SMILES string of the molecule is COCCCNC(=O)COC(=O)c1cc(-c2ccco2)nc2ccccc12. The molecule has 2 aromatic heterocycles. The van der Waals surface area contributed by atoms with Crippen molar-refractivity contribution in [1.29, 1.82) is 0 Å². The number of aromatic nitrogens is 1. The maximum Gasteiger partial charge on any atom is 0.339 e. The minimum atomic E-state index is -0.589. The third-order valence-corrected chi connectivity index (χ3v) is 3.89. The largest absolute Gasteiger partial charge is 0.463 e. The standard InChI is InChI=1S/C20H20N2O5/c1-25-10-5-9-21-19(23)13-27-20(24)15-12-17(18-8-4-11-26-18)22-16-7-3-2-6-14(15)16/h2-4,6-8,11-12H,5,9-10,13H2,1H3,(H,21,23). The Kier molecular flexibility index (Phi) is 6.17. The molecule has 0 saturated heterocycles. The van der Waals surface area contributed by atoms with E-state index in [-0.39, 0.29) is 12.5 Å². The molecule has 0 saturated carbocycles. The first-order valence-electron chi connectivity index (χ1n) is 8.55. The molecule has 1 N–H and O–H groups in total. The number of ether oxygens (including phenoxy) is 2. The van der Waals surface area contributed by atoms with Crippen molar-refractivity contribution in [1.82, 2.24) is 10.3 Å². The van der Waals surface area contributed by atoms with E-state index in [1.807, 2.05) is 12.1 Å². The number of para-hydroxylation sites is 1. The predicted molar refractivity (Wildman–Crippen MR) is 99.2 cm³/mol. The van der Waals surface area contributed by atoms with Gasteiger partial charge in [0.2, 0.25) is 0 Å². The molecule has 7 heteroatoms. The van der Waals surface area contributed by atoms with Crippen LogP contribution in [0.3, 0.4) is 0 Å². The fourth-order valence-corrected chi connectivity index (χ4v) is 2.60.